The number of nitrogens with one attached hydrogen (secondary N) is 1. The molecule has 7 heteroatoms. The topological polar surface area (TPSA) is 75.7 Å². The fourth-order valence-corrected chi connectivity index (χ4v) is 5.22. The van der Waals surface area contributed by atoms with Gasteiger partial charge in [0, 0.05) is 5.69 Å². The average Bonchev–Trinajstić information content (AvgIpc) is 2.76. The van der Waals surface area contributed by atoms with E-state index in [9.17, 15) is 13.2 Å². The summed E-state index contributed by atoms with van der Waals surface area (Å²) in [4.78, 5) is 13.2. The van der Waals surface area contributed by atoms with Crippen molar-refractivity contribution in [2.45, 2.75) is 32.6 Å². The smallest absolute Gasteiger partial charge is 0.265 e. The molecule has 0 spiro atoms. The molecule has 0 bridgehead atoms. The van der Waals surface area contributed by atoms with Gasteiger partial charge in [0.15, 0.2) is 0 Å². The Morgan fingerprint density at radius 3 is 2.12 bits per heavy atom. The van der Waals surface area contributed by atoms with E-state index in [2.05, 4.69) is 5.32 Å². The van der Waals surface area contributed by atoms with Crippen LogP contribution in [0.2, 0.25) is 0 Å². The first kappa shape index (κ1) is 23.3. The molecule has 0 saturated heterocycles. The second-order valence-corrected chi connectivity index (χ2v) is 9.62. The maximum atomic E-state index is 13.7. The zero-order valence-corrected chi connectivity index (χ0v) is 19.8. The van der Waals surface area contributed by atoms with Crippen LogP contribution in [0.25, 0.3) is 0 Å². The molecule has 0 radical (unpaired) electrons. The third-order valence-corrected chi connectivity index (χ3v) is 7.22. The molecule has 0 saturated carbocycles. The highest BCUT2D eigenvalue weighted by molar-refractivity contribution is 7.93. The van der Waals surface area contributed by atoms with Crippen molar-refractivity contribution in [1.29, 1.82) is 0 Å². The molecule has 6 nitrogen and oxygen atoms in total. The number of nitrogens with zero attached hydrogens (tertiary/aromatic N) is 1. The number of hydrogen-bond acceptors (Lipinski definition) is 4. The summed E-state index contributed by atoms with van der Waals surface area (Å²) in [6.07, 6.45) is 0. The lowest BCUT2D eigenvalue weighted by atomic mass is 10.1. The van der Waals surface area contributed by atoms with Gasteiger partial charge in [-0.15, -0.1) is 0 Å². The van der Waals surface area contributed by atoms with Gasteiger partial charge in [-0.3, -0.25) is 9.10 Å². The van der Waals surface area contributed by atoms with E-state index in [0.717, 1.165) is 21.0 Å². The Labute approximate surface area is 189 Å². The van der Waals surface area contributed by atoms with Crippen LogP contribution in [-0.2, 0) is 14.8 Å². The molecule has 0 aromatic heterocycles. The molecule has 3 aromatic rings. The fraction of sp³-hybridized carbons (Fsp3) is 0.240. The molecule has 3 rings (SSSR count). The van der Waals surface area contributed by atoms with E-state index < -0.39 is 15.9 Å². The van der Waals surface area contributed by atoms with Crippen molar-refractivity contribution in [1.82, 2.24) is 0 Å². The van der Waals surface area contributed by atoms with Crippen molar-refractivity contribution in [3.63, 3.8) is 0 Å². The molecule has 0 aliphatic heterocycles. The summed E-state index contributed by atoms with van der Waals surface area (Å²) in [5.41, 5.74) is 4.33. The first-order chi connectivity index (χ1) is 15.1. The summed E-state index contributed by atoms with van der Waals surface area (Å²) in [5.74, 6) is 0.171. The Bertz CT molecular complexity index is 1220. The van der Waals surface area contributed by atoms with Crippen LogP contribution in [0.4, 0.5) is 11.4 Å². The first-order valence-electron chi connectivity index (χ1n) is 10.2. The molecule has 0 atom stereocenters. The van der Waals surface area contributed by atoms with Gasteiger partial charge in [0.2, 0.25) is 5.91 Å². The van der Waals surface area contributed by atoms with Gasteiger partial charge in [-0.2, -0.15) is 0 Å². The van der Waals surface area contributed by atoms with Crippen molar-refractivity contribution < 1.29 is 17.9 Å². The standard InChI is InChI=1S/C25H28N2O4S/c1-17-9-10-18(2)23(15-17)32(29,30)27(21-11-13-22(31-5)14-12-21)16-24(28)26-25-19(3)7-6-8-20(25)4/h6-15H,16H2,1-5H3,(H,26,28). The Morgan fingerprint density at radius 1 is 0.906 bits per heavy atom. The number of hydrogen-bond donors (Lipinski definition) is 1. The minimum atomic E-state index is -4.00. The molecule has 0 fully saturated rings. The van der Waals surface area contributed by atoms with Gasteiger partial charge in [-0.1, -0.05) is 30.3 Å². The average molecular weight is 453 g/mol. The highest BCUT2D eigenvalue weighted by Crippen LogP contribution is 2.28. The maximum absolute atomic E-state index is 13.7. The number of carbonyl (C=O) groups excluding carboxylic acids is 1. The number of carbonyl (C=O) groups is 1. The highest BCUT2D eigenvalue weighted by atomic mass is 32.2. The van der Waals surface area contributed by atoms with E-state index in [-0.39, 0.29) is 11.4 Å². The number of anilines is 2. The van der Waals surface area contributed by atoms with Gasteiger partial charge in [0.25, 0.3) is 10.0 Å². The molecule has 32 heavy (non-hydrogen) atoms. The van der Waals surface area contributed by atoms with Crippen LogP contribution in [0.3, 0.4) is 0 Å². The molecule has 0 unspecified atom stereocenters. The lowest BCUT2D eigenvalue weighted by Crippen LogP contribution is -2.38. The van der Waals surface area contributed by atoms with Crippen molar-refractivity contribution in [2.24, 2.45) is 0 Å². The molecule has 1 N–H and O–H groups in total. The van der Waals surface area contributed by atoms with Crippen LogP contribution in [-0.4, -0.2) is 28.0 Å². The number of sulfonamides is 1. The molecule has 3 aromatic carbocycles. The van der Waals surface area contributed by atoms with Gasteiger partial charge in [-0.25, -0.2) is 8.42 Å². The van der Waals surface area contributed by atoms with Crippen LogP contribution in [0, 0.1) is 27.7 Å². The third kappa shape index (κ3) is 4.94. The van der Waals surface area contributed by atoms with Gasteiger partial charge in [0.1, 0.15) is 12.3 Å². The molecular weight excluding hydrogens is 424 g/mol. The zero-order chi connectivity index (χ0) is 23.5. The molecule has 0 heterocycles. The lowest BCUT2D eigenvalue weighted by molar-refractivity contribution is -0.114. The van der Waals surface area contributed by atoms with Crippen LogP contribution in [0.15, 0.2) is 65.6 Å². The van der Waals surface area contributed by atoms with E-state index >= 15 is 0 Å². The van der Waals surface area contributed by atoms with Crippen molar-refractivity contribution in [2.75, 3.05) is 23.3 Å². The lowest BCUT2D eigenvalue weighted by Gasteiger charge is -2.25. The van der Waals surface area contributed by atoms with E-state index in [0.29, 0.717) is 22.7 Å². The third-order valence-electron chi connectivity index (χ3n) is 5.30. The Hall–Kier alpha value is -3.32. The summed E-state index contributed by atoms with van der Waals surface area (Å²) in [5, 5.41) is 2.88. The molecule has 0 aliphatic rings. The van der Waals surface area contributed by atoms with Crippen LogP contribution in [0.5, 0.6) is 5.75 Å². The predicted octanol–water partition coefficient (Wildman–Crippen LogP) is 4.76. The molecule has 168 valence electrons. The number of methoxy groups -OCH3 is 1. The van der Waals surface area contributed by atoms with Gasteiger partial charge < -0.3 is 10.1 Å². The summed E-state index contributed by atoms with van der Waals surface area (Å²) in [6.45, 7) is 7.02. The fourth-order valence-electron chi connectivity index (χ4n) is 3.49. The zero-order valence-electron chi connectivity index (χ0n) is 19.0. The summed E-state index contributed by atoms with van der Waals surface area (Å²) in [7, 11) is -2.46. The number of benzene rings is 3. The quantitative estimate of drug-likeness (QED) is 0.561. The largest absolute Gasteiger partial charge is 0.497 e. The Kier molecular flexibility index (Phi) is 6.89. The number of para-hydroxylation sites is 1. The first-order valence-corrected chi connectivity index (χ1v) is 11.7. The van der Waals surface area contributed by atoms with Crippen LogP contribution < -0.4 is 14.4 Å². The number of amides is 1. The summed E-state index contributed by atoms with van der Waals surface area (Å²) >= 11 is 0. The summed E-state index contributed by atoms with van der Waals surface area (Å²) < 4.78 is 33.7. The predicted molar refractivity (Wildman–Crippen MR) is 128 cm³/mol. The molecule has 1 amide bonds. The molecule has 0 aliphatic carbocycles. The number of rotatable bonds is 7. The minimum absolute atomic E-state index is 0.174. The van der Waals surface area contributed by atoms with Crippen LogP contribution >= 0.6 is 0 Å². The monoisotopic (exact) mass is 452 g/mol. The molecular formula is C25H28N2O4S. The second kappa shape index (κ2) is 9.44. The van der Waals surface area contributed by atoms with Crippen molar-refractivity contribution >= 4 is 27.3 Å². The second-order valence-electron chi connectivity index (χ2n) is 7.79. The van der Waals surface area contributed by atoms with Gasteiger partial charge in [0.05, 0.1) is 17.7 Å². The highest BCUT2D eigenvalue weighted by Gasteiger charge is 2.29. The van der Waals surface area contributed by atoms with E-state index in [4.69, 9.17) is 4.74 Å². The van der Waals surface area contributed by atoms with Crippen LogP contribution in [0.1, 0.15) is 22.3 Å². The van der Waals surface area contributed by atoms with Gasteiger partial charge in [-0.05, 0) is 80.3 Å². The number of ether oxygens (including phenoxy) is 1. The van der Waals surface area contributed by atoms with E-state index in [1.165, 1.54) is 7.11 Å². The SMILES string of the molecule is COc1ccc(N(CC(=O)Nc2c(C)cccc2C)S(=O)(=O)c2cc(C)ccc2C)cc1. The Morgan fingerprint density at radius 2 is 1.53 bits per heavy atom. The van der Waals surface area contributed by atoms with E-state index in [1.54, 1.807) is 43.3 Å². The van der Waals surface area contributed by atoms with Crippen molar-refractivity contribution in [3.05, 3.63) is 82.9 Å². The summed E-state index contributed by atoms with van der Waals surface area (Å²) in [6, 6.07) is 17.6. The van der Waals surface area contributed by atoms with E-state index in [1.807, 2.05) is 45.0 Å². The maximum Gasteiger partial charge on any atom is 0.265 e. The minimum Gasteiger partial charge on any atom is -0.497 e. The van der Waals surface area contributed by atoms with Gasteiger partial charge >= 0.3 is 0 Å². The Balaban J connectivity index is 2.02. The number of aryl methyl sites for hydroxylation is 4. The van der Waals surface area contributed by atoms with Crippen molar-refractivity contribution in [3.8, 4) is 5.75 Å². The normalized spacial score (nSPS) is 11.2.